The number of pyridine rings is 1. The average molecular weight is 502 g/mol. The fourth-order valence-corrected chi connectivity index (χ4v) is 3.96. The second-order valence-electron chi connectivity index (χ2n) is 8.72. The first kappa shape index (κ1) is 24.6. The molecule has 4 aromatic carbocycles. The van der Waals surface area contributed by atoms with E-state index in [2.05, 4.69) is 4.98 Å². The monoisotopic (exact) mass is 501 g/mol. The van der Waals surface area contributed by atoms with Crippen molar-refractivity contribution in [1.29, 1.82) is 0 Å². The van der Waals surface area contributed by atoms with Crippen molar-refractivity contribution in [2.45, 2.75) is 6.92 Å². The summed E-state index contributed by atoms with van der Waals surface area (Å²) in [6.07, 6.45) is 0. The average Bonchev–Trinajstić information content (AvgIpc) is 2.96. The zero-order valence-corrected chi connectivity index (χ0v) is 20.6. The Kier molecular flexibility index (Phi) is 7.04. The molecule has 0 atom stereocenters. The van der Waals surface area contributed by atoms with E-state index in [9.17, 15) is 14.4 Å². The van der Waals surface area contributed by atoms with Crippen LogP contribution in [0.3, 0.4) is 0 Å². The number of benzene rings is 4. The van der Waals surface area contributed by atoms with E-state index in [1.165, 1.54) is 24.3 Å². The number of ether oxygens (including phenoxy) is 2. The molecule has 5 aromatic rings. The van der Waals surface area contributed by atoms with E-state index in [0.29, 0.717) is 39.0 Å². The fraction of sp³-hybridized carbons (Fsp3) is 0.0625. The summed E-state index contributed by atoms with van der Waals surface area (Å²) in [5.41, 5.74) is 4.30. The summed E-state index contributed by atoms with van der Waals surface area (Å²) in [6, 6.07) is 31.7. The number of hydrogen-bond donors (Lipinski definition) is 0. The standard InChI is InChI=1S/C32H23NO5/c1-21-11-13-24(14-12-21)31(35)38-25-17-15-23(16-18-25)30(34)20-37-32(36)27-19-29(22-7-3-2-4-8-22)33-28-10-6-5-9-26(27)28/h2-19H,20H2,1H3. The molecule has 0 bridgehead atoms. The summed E-state index contributed by atoms with van der Waals surface area (Å²) in [5.74, 6) is -1.17. The smallest absolute Gasteiger partial charge is 0.343 e. The molecule has 0 radical (unpaired) electrons. The lowest BCUT2D eigenvalue weighted by Crippen LogP contribution is -2.15. The van der Waals surface area contributed by atoms with Crippen molar-refractivity contribution in [3.05, 3.63) is 131 Å². The molecule has 0 saturated heterocycles. The number of aromatic nitrogens is 1. The van der Waals surface area contributed by atoms with E-state index in [1.807, 2.05) is 67.6 Å². The van der Waals surface area contributed by atoms with Gasteiger partial charge in [-0.05, 0) is 55.5 Å². The molecule has 38 heavy (non-hydrogen) atoms. The Hall–Kier alpha value is -5.10. The van der Waals surface area contributed by atoms with Crippen molar-refractivity contribution in [3.8, 4) is 17.0 Å². The van der Waals surface area contributed by atoms with E-state index < -0.39 is 18.5 Å². The molecule has 0 aliphatic carbocycles. The predicted molar refractivity (Wildman–Crippen MR) is 144 cm³/mol. The molecule has 0 saturated carbocycles. The van der Waals surface area contributed by atoms with Crippen molar-refractivity contribution in [2.24, 2.45) is 0 Å². The molecule has 6 nitrogen and oxygen atoms in total. The maximum atomic E-state index is 13.0. The molecule has 186 valence electrons. The van der Waals surface area contributed by atoms with Crippen LogP contribution < -0.4 is 4.74 Å². The number of carbonyl (C=O) groups is 3. The van der Waals surface area contributed by atoms with Crippen LogP contribution in [-0.4, -0.2) is 29.3 Å². The van der Waals surface area contributed by atoms with E-state index in [0.717, 1.165) is 11.1 Å². The third kappa shape index (κ3) is 5.50. The van der Waals surface area contributed by atoms with Gasteiger partial charge in [-0.25, -0.2) is 14.6 Å². The number of ketones is 1. The van der Waals surface area contributed by atoms with Crippen molar-refractivity contribution < 1.29 is 23.9 Å². The van der Waals surface area contributed by atoms with Gasteiger partial charge in [0.1, 0.15) is 5.75 Å². The van der Waals surface area contributed by atoms with Gasteiger partial charge in [0, 0.05) is 16.5 Å². The van der Waals surface area contributed by atoms with Crippen LogP contribution in [-0.2, 0) is 4.74 Å². The third-order valence-corrected chi connectivity index (χ3v) is 6.01. The quantitative estimate of drug-likeness (QED) is 0.144. The molecule has 1 aromatic heterocycles. The predicted octanol–water partition coefficient (Wildman–Crippen LogP) is 6.47. The third-order valence-electron chi connectivity index (χ3n) is 6.01. The van der Waals surface area contributed by atoms with Crippen molar-refractivity contribution >= 4 is 28.6 Å². The Morgan fingerprint density at radius 2 is 1.37 bits per heavy atom. The van der Waals surface area contributed by atoms with Gasteiger partial charge in [-0.1, -0.05) is 66.2 Å². The number of fused-ring (bicyclic) bond motifs is 1. The number of rotatable bonds is 7. The van der Waals surface area contributed by atoms with Crippen molar-refractivity contribution in [3.63, 3.8) is 0 Å². The second kappa shape index (κ2) is 10.9. The fourth-order valence-electron chi connectivity index (χ4n) is 3.96. The summed E-state index contributed by atoms with van der Waals surface area (Å²) >= 11 is 0. The minimum atomic E-state index is -0.613. The van der Waals surface area contributed by atoms with Gasteiger partial charge in [-0.3, -0.25) is 4.79 Å². The SMILES string of the molecule is Cc1ccc(C(=O)Oc2ccc(C(=O)COC(=O)c3cc(-c4ccccc4)nc4ccccc34)cc2)cc1. The van der Waals surface area contributed by atoms with E-state index >= 15 is 0 Å². The summed E-state index contributed by atoms with van der Waals surface area (Å²) in [4.78, 5) is 42.8. The minimum absolute atomic E-state index is 0.306. The summed E-state index contributed by atoms with van der Waals surface area (Å²) in [7, 11) is 0. The molecule has 6 heteroatoms. The van der Waals surface area contributed by atoms with Gasteiger partial charge >= 0.3 is 11.9 Å². The summed E-state index contributed by atoms with van der Waals surface area (Å²) < 4.78 is 10.8. The van der Waals surface area contributed by atoms with Crippen molar-refractivity contribution in [2.75, 3.05) is 6.61 Å². The lowest BCUT2D eigenvalue weighted by Gasteiger charge is -2.10. The highest BCUT2D eigenvalue weighted by molar-refractivity contribution is 6.06. The molecular weight excluding hydrogens is 478 g/mol. The van der Waals surface area contributed by atoms with Crippen molar-refractivity contribution in [1.82, 2.24) is 4.98 Å². The topological polar surface area (TPSA) is 82.6 Å². The maximum absolute atomic E-state index is 13.0. The lowest BCUT2D eigenvalue weighted by atomic mass is 10.0. The zero-order valence-electron chi connectivity index (χ0n) is 20.6. The normalized spacial score (nSPS) is 10.7. The Labute approximate surface area is 219 Å². The van der Waals surface area contributed by atoms with E-state index in [1.54, 1.807) is 24.3 Å². The number of carbonyl (C=O) groups excluding carboxylic acids is 3. The first-order chi connectivity index (χ1) is 18.5. The van der Waals surface area contributed by atoms with Crippen LogP contribution in [0.1, 0.15) is 36.6 Å². The Morgan fingerprint density at radius 3 is 2.11 bits per heavy atom. The first-order valence-corrected chi connectivity index (χ1v) is 12.0. The van der Waals surface area contributed by atoms with Crippen LogP contribution in [0.4, 0.5) is 0 Å². The molecular formula is C32H23NO5. The second-order valence-corrected chi connectivity index (χ2v) is 8.72. The highest BCUT2D eigenvalue weighted by Crippen LogP contribution is 2.25. The molecule has 0 unspecified atom stereocenters. The van der Waals surface area contributed by atoms with Gasteiger partial charge < -0.3 is 9.47 Å². The van der Waals surface area contributed by atoms with E-state index in [-0.39, 0.29) is 5.78 Å². The molecule has 0 N–H and O–H groups in total. The number of hydrogen-bond acceptors (Lipinski definition) is 6. The van der Waals surface area contributed by atoms with Gasteiger partial charge in [0.05, 0.1) is 22.3 Å². The first-order valence-electron chi connectivity index (χ1n) is 12.0. The van der Waals surface area contributed by atoms with Crippen LogP contribution >= 0.6 is 0 Å². The number of Topliss-reactive ketones (excluding diaryl/α,β-unsaturated/α-hetero) is 1. The molecule has 5 rings (SSSR count). The van der Waals surface area contributed by atoms with Crippen LogP contribution in [0.15, 0.2) is 109 Å². The largest absolute Gasteiger partial charge is 0.454 e. The van der Waals surface area contributed by atoms with Crippen LogP contribution in [0, 0.1) is 6.92 Å². The highest BCUT2D eigenvalue weighted by atomic mass is 16.5. The Balaban J connectivity index is 1.27. The number of para-hydroxylation sites is 1. The zero-order chi connectivity index (χ0) is 26.5. The van der Waals surface area contributed by atoms with Gasteiger partial charge in [0.15, 0.2) is 12.4 Å². The van der Waals surface area contributed by atoms with Crippen LogP contribution in [0.5, 0.6) is 5.75 Å². The number of aryl methyl sites for hydroxylation is 1. The Bertz CT molecular complexity index is 1630. The summed E-state index contributed by atoms with van der Waals surface area (Å²) in [5, 5.41) is 0.643. The van der Waals surface area contributed by atoms with Gasteiger partial charge in [0.25, 0.3) is 0 Å². The molecule has 0 amide bonds. The molecule has 0 aliphatic rings. The highest BCUT2D eigenvalue weighted by Gasteiger charge is 2.17. The maximum Gasteiger partial charge on any atom is 0.343 e. The molecule has 0 fully saturated rings. The van der Waals surface area contributed by atoms with Gasteiger partial charge in [-0.2, -0.15) is 0 Å². The molecule has 0 aliphatic heterocycles. The number of nitrogens with zero attached hydrogens (tertiary/aromatic N) is 1. The van der Waals surface area contributed by atoms with Gasteiger partial charge in [-0.15, -0.1) is 0 Å². The summed E-state index contributed by atoms with van der Waals surface area (Å²) in [6.45, 7) is 1.50. The molecule has 1 heterocycles. The number of esters is 2. The van der Waals surface area contributed by atoms with Crippen LogP contribution in [0.25, 0.3) is 22.2 Å². The van der Waals surface area contributed by atoms with E-state index in [4.69, 9.17) is 9.47 Å². The molecule has 0 spiro atoms. The Morgan fingerprint density at radius 1 is 0.711 bits per heavy atom. The lowest BCUT2D eigenvalue weighted by molar-refractivity contribution is 0.0476. The minimum Gasteiger partial charge on any atom is -0.454 e. The van der Waals surface area contributed by atoms with Gasteiger partial charge in [0.2, 0.25) is 0 Å². The van der Waals surface area contributed by atoms with Crippen LogP contribution in [0.2, 0.25) is 0 Å².